The molecule has 0 saturated heterocycles. The Balaban J connectivity index is 0.00000221. The SMILES string of the molecule is Cl.Cl.[CH2]=[Hf]([C]1=CC=CC1)([c]1cccc(Cl)c1)([c]1cccc(Cl)c1)[c]1c(C(C)(C)C)ccc2c1Cc1cc(C(C)(C)C)ccc1-2. The van der Waals surface area contributed by atoms with Crippen molar-refractivity contribution in [2.45, 2.75) is 65.2 Å². The van der Waals surface area contributed by atoms with E-state index >= 15 is 0 Å². The van der Waals surface area contributed by atoms with Crippen LogP contribution in [0.4, 0.5) is 0 Å². The number of fused-ring (bicyclic) bond motifs is 3. The van der Waals surface area contributed by atoms with Crippen molar-refractivity contribution in [3.63, 3.8) is 0 Å². The summed E-state index contributed by atoms with van der Waals surface area (Å²) in [5, 5.41) is 1.49. The summed E-state index contributed by atoms with van der Waals surface area (Å²) in [5.41, 5.74) is 8.27. The number of hydrogen-bond acceptors (Lipinski definition) is 0. The summed E-state index contributed by atoms with van der Waals surface area (Å²) < 4.78 is 11.1. The molecular formula is C39H42Cl4Hf. The molecule has 4 aromatic rings. The van der Waals surface area contributed by atoms with Gasteiger partial charge in [0.15, 0.2) is 0 Å². The molecule has 2 aliphatic rings. The molecule has 4 aromatic carbocycles. The van der Waals surface area contributed by atoms with Crippen molar-refractivity contribution in [2.24, 2.45) is 0 Å². The number of allylic oxidation sites excluding steroid dienone is 4. The normalized spacial score (nSPS) is 14.3. The standard InChI is InChI=1S/C21H25.2C6H4Cl.C5H5.CH2.2ClH.Hf/c1-20(2,3)16-7-9-18-14(12-16)11-15-13-17(21(4,5)6)8-10-19(15)18;2*7-6-4-2-1-3-5-6;1-2-4-5-3-1;;;;/h7-10,12H,11H2,1-6H3;2*1-2,4-5H;1-3H,4H2;1H2;2*1H;. The van der Waals surface area contributed by atoms with Gasteiger partial charge in [0, 0.05) is 0 Å². The summed E-state index contributed by atoms with van der Waals surface area (Å²) in [5.74, 6) is 0. The molecule has 0 nitrogen and oxygen atoms in total. The molecule has 0 atom stereocenters. The fourth-order valence-corrected chi connectivity index (χ4v) is 33.1. The van der Waals surface area contributed by atoms with Crippen LogP contribution in [-0.4, -0.2) is 4.26 Å². The van der Waals surface area contributed by atoms with Crippen molar-refractivity contribution in [2.75, 3.05) is 0 Å². The first kappa shape index (κ1) is 35.1. The van der Waals surface area contributed by atoms with Crippen molar-refractivity contribution in [1.29, 1.82) is 0 Å². The Bertz CT molecular complexity index is 1830. The summed E-state index contributed by atoms with van der Waals surface area (Å²) in [6.45, 7) is 13.9. The zero-order chi connectivity index (χ0) is 30.1. The third-order valence-corrected chi connectivity index (χ3v) is 34.0. The van der Waals surface area contributed by atoms with Crippen LogP contribution in [0.2, 0.25) is 10.0 Å². The Morgan fingerprint density at radius 3 is 1.80 bits per heavy atom. The molecule has 0 heterocycles. The van der Waals surface area contributed by atoms with Gasteiger partial charge in [-0.3, -0.25) is 0 Å². The van der Waals surface area contributed by atoms with Crippen LogP contribution in [0.15, 0.2) is 100 Å². The van der Waals surface area contributed by atoms with Crippen molar-refractivity contribution in [1.82, 2.24) is 0 Å². The van der Waals surface area contributed by atoms with Gasteiger partial charge in [0.1, 0.15) is 0 Å². The van der Waals surface area contributed by atoms with Gasteiger partial charge in [0.25, 0.3) is 0 Å². The molecule has 0 radical (unpaired) electrons. The topological polar surface area (TPSA) is 0 Å². The van der Waals surface area contributed by atoms with Gasteiger partial charge in [-0.25, -0.2) is 0 Å². The summed E-state index contributed by atoms with van der Waals surface area (Å²) in [6, 6.07) is 29.1. The quantitative estimate of drug-likeness (QED) is 0.158. The van der Waals surface area contributed by atoms with E-state index in [1.165, 1.54) is 46.7 Å². The number of benzene rings is 4. The van der Waals surface area contributed by atoms with Crippen LogP contribution >= 0.6 is 48.0 Å². The van der Waals surface area contributed by atoms with Crippen molar-refractivity contribution in [3.05, 3.63) is 133 Å². The summed E-state index contributed by atoms with van der Waals surface area (Å²) >= 11 is 8.55. The fourth-order valence-electron chi connectivity index (χ4n) is 7.51. The predicted octanol–water partition coefficient (Wildman–Crippen LogP) is 10.2. The molecule has 0 saturated carbocycles. The van der Waals surface area contributed by atoms with Gasteiger partial charge in [-0.2, -0.15) is 0 Å². The van der Waals surface area contributed by atoms with E-state index in [9.17, 15) is 0 Å². The molecule has 5 heteroatoms. The monoisotopic (exact) mass is 830 g/mol. The second kappa shape index (κ2) is 12.1. The Morgan fingerprint density at radius 2 is 1.30 bits per heavy atom. The van der Waals surface area contributed by atoms with Gasteiger partial charge < -0.3 is 0 Å². The molecular weight excluding hydrogens is 789 g/mol. The molecule has 6 rings (SSSR count). The van der Waals surface area contributed by atoms with E-state index in [2.05, 4.69) is 127 Å². The Labute approximate surface area is 287 Å². The molecule has 0 aliphatic heterocycles. The van der Waals surface area contributed by atoms with Gasteiger partial charge in [-0.05, 0) is 0 Å². The minimum absolute atomic E-state index is 0. The van der Waals surface area contributed by atoms with Crippen LogP contribution in [0.5, 0.6) is 0 Å². The number of hydrogen-bond donors (Lipinski definition) is 0. The van der Waals surface area contributed by atoms with Crippen molar-refractivity contribution < 1.29 is 18.0 Å². The second-order valence-corrected chi connectivity index (χ2v) is 34.0. The first-order valence-corrected chi connectivity index (χ1v) is 25.4. The zero-order valence-electron chi connectivity index (χ0n) is 26.4. The predicted molar refractivity (Wildman–Crippen MR) is 197 cm³/mol. The van der Waals surface area contributed by atoms with Gasteiger partial charge in [0.2, 0.25) is 0 Å². The average molecular weight is 831 g/mol. The number of rotatable bonds is 4. The molecule has 230 valence electrons. The molecule has 0 unspecified atom stereocenters. The van der Waals surface area contributed by atoms with Crippen molar-refractivity contribution in [3.8, 4) is 11.1 Å². The third kappa shape index (κ3) is 5.39. The average Bonchev–Trinajstić information content (AvgIpc) is 3.60. The molecule has 0 amide bonds. The third-order valence-electron chi connectivity index (χ3n) is 9.70. The molecule has 0 aromatic heterocycles. The van der Waals surface area contributed by atoms with Gasteiger partial charge in [-0.1, -0.05) is 0 Å². The zero-order valence-corrected chi connectivity index (χ0v) is 33.2. The van der Waals surface area contributed by atoms with Gasteiger partial charge >= 0.3 is 265 Å². The van der Waals surface area contributed by atoms with Crippen LogP contribution in [0, 0.1) is 0 Å². The van der Waals surface area contributed by atoms with E-state index < -0.39 is 18.0 Å². The van der Waals surface area contributed by atoms with E-state index in [1.807, 2.05) is 12.1 Å². The van der Waals surface area contributed by atoms with Crippen LogP contribution in [0.1, 0.15) is 70.2 Å². The van der Waals surface area contributed by atoms with E-state index in [0.29, 0.717) is 0 Å². The molecule has 0 bridgehead atoms. The van der Waals surface area contributed by atoms with E-state index in [0.717, 1.165) is 22.9 Å². The van der Waals surface area contributed by atoms with E-state index in [4.69, 9.17) is 27.5 Å². The van der Waals surface area contributed by atoms with Gasteiger partial charge in [0.05, 0.1) is 0 Å². The first-order valence-electron chi connectivity index (χ1n) is 14.9. The Hall–Kier alpha value is -1.74. The maximum absolute atomic E-state index is 6.85. The van der Waals surface area contributed by atoms with Crippen LogP contribution in [-0.2, 0) is 35.3 Å². The van der Waals surface area contributed by atoms with Crippen LogP contribution in [0.3, 0.4) is 0 Å². The molecule has 0 fully saturated rings. The summed E-state index contributed by atoms with van der Waals surface area (Å²) in [4.78, 5) is 0. The van der Waals surface area contributed by atoms with Crippen molar-refractivity contribution >= 4 is 62.2 Å². The Morgan fingerprint density at radius 1 is 0.705 bits per heavy atom. The Kier molecular flexibility index (Phi) is 9.68. The molecule has 0 spiro atoms. The molecule has 44 heavy (non-hydrogen) atoms. The first-order chi connectivity index (χ1) is 19.7. The number of halogens is 4. The summed E-state index contributed by atoms with van der Waals surface area (Å²) in [7, 11) is 0. The summed E-state index contributed by atoms with van der Waals surface area (Å²) in [6.07, 6.45) is 8.64. The molecule has 0 N–H and O–H groups in total. The fraction of sp³-hybridized carbons (Fsp3) is 0.256. The van der Waals surface area contributed by atoms with E-state index in [-0.39, 0.29) is 35.6 Å². The second-order valence-electron chi connectivity index (χ2n) is 14.4. The van der Waals surface area contributed by atoms with Crippen LogP contribution in [0.25, 0.3) is 11.1 Å². The van der Waals surface area contributed by atoms with Crippen LogP contribution < -0.4 is 9.96 Å². The molecule has 2 aliphatic carbocycles. The maximum atomic E-state index is 6.85. The minimum atomic E-state index is -5.15. The van der Waals surface area contributed by atoms with E-state index in [1.54, 1.807) is 0 Å². The van der Waals surface area contributed by atoms with Gasteiger partial charge in [-0.15, -0.1) is 24.8 Å².